The van der Waals surface area contributed by atoms with Crippen molar-refractivity contribution in [1.82, 2.24) is 20.0 Å². The fraction of sp³-hybridized carbons (Fsp3) is 0.667. The second-order valence-corrected chi connectivity index (χ2v) is 4.33. The van der Waals surface area contributed by atoms with Crippen LogP contribution in [0.3, 0.4) is 0 Å². The van der Waals surface area contributed by atoms with Crippen LogP contribution in [-0.4, -0.2) is 40.2 Å². The number of likely N-dealkylation sites (tertiary alicyclic amines) is 1. The molecule has 1 aromatic heterocycles. The van der Waals surface area contributed by atoms with Crippen LogP contribution in [0.1, 0.15) is 25.5 Å². The summed E-state index contributed by atoms with van der Waals surface area (Å²) in [5.74, 6) is 0.213. The largest absolute Gasteiger partial charge is 0.342 e. The van der Waals surface area contributed by atoms with Gasteiger partial charge in [-0.3, -0.25) is 9.48 Å². The first-order valence-electron chi connectivity index (χ1n) is 6.30. The van der Waals surface area contributed by atoms with Gasteiger partial charge in [-0.25, -0.2) is 0 Å². The molecule has 1 N–H and O–H groups in total. The number of rotatable bonds is 5. The van der Waals surface area contributed by atoms with E-state index >= 15 is 0 Å². The molecule has 5 heteroatoms. The topological polar surface area (TPSA) is 50.2 Å². The van der Waals surface area contributed by atoms with Gasteiger partial charge in [0.05, 0.1) is 12.2 Å². The van der Waals surface area contributed by atoms with E-state index in [-0.39, 0.29) is 5.91 Å². The molecule has 2 heterocycles. The Hall–Kier alpha value is -1.36. The third-order valence-corrected chi connectivity index (χ3v) is 3.15. The molecule has 0 unspecified atom stereocenters. The van der Waals surface area contributed by atoms with E-state index < -0.39 is 0 Å². The van der Waals surface area contributed by atoms with Gasteiger partial charge in [0.15, 0.2) is 0 Å². The Morgan fingerprint density at radius 2 is 2.24 bits per heavy atom. The lowest BCUT2D eigenvalue weighted by molar-refractivity contribution is -0.129. The van der Waals surface area contributed by atoms with Crippen molar-refractivity contribution >= 4 is 5.91 Å². The monoisotopic (exact) mass is 236 g/mol. The number of carbonyl (C=O) groups excluding carboxylic acids is 1. The predicted molar refractivity (Wildman–Crippen MR) is 65.4 cm³/mol. The highest BCUT2D eigenvalue weighted by Crippen LogP contribution is 2.06. The molecule has 1 aliphatic heterocycles. The molecule has 17 heavy (non-hydrogen) atoms. The van der Waals surface area contributed by atoms with Gasteiger partial charge >= 0.3 is 0 Å². The zero-order valence-electron chi connectivity index (χ0n) is 10.4. The van der Waals surface area contributed by atoms with Crippen LogP contribution in [0.15, 0.2) is 12.3 Å². The van der Waals surface area contributed by atoms with E-state index in [9.17, 15) is 4.79 Å². The minimum atomic E-state index is 0.213. The molecule has 0 saturated carbocycles. The minimum absolute atomic E-state index is 0.213. The van der Waals surface area contributed by atoms with E-state index in [4.69, 9.17) is 0 Å². The SMILES string of the molecule is CCn1nccc1CNCC(=O)N1CCCC1. The number of amides is 1. The molecule has 0 radical (unpaired) electrons. The summed E-state index contributed by atoms with van der Waals surface area (Å²) >= 11 is 0. The Balaban J connectivity index is 1.73. The van der Waals surface area contributed by atoms with Crippen LogP contribution in [0.4, 0.5) is 0 Å². The summed E-state index contributed by atoms with van der Waals surface area (Å²) in [6, 6.07) is 1.98. The van der Waals surface area contributed by atoms with Gasteiger partial charge in [0.1, 0.15) is 0 Å². The number of nitrogens with zero attached hydrogens (tertiary/aromatic N) is 3. The zero-order chi connectivity index (χ0) is 12.1. The fourth-order valence-corrected chi connectivity index (χ4v) is 2.17. The maximum atomic E-state index is 11.8. The molecule has 1 saturated heterocycles. The Labute approximate surface area is 102 Å². The quantitative estimate of drug-likeness (QED) is 0.815. The lowest BCUT2D eigenvalue weighted by Gasteiger charge is -2.15. The molecule has 1 fully saturated rings. The maximum absolute atomic E-state index is 11.8. The van der Waals surface area contributed by atoms with Crippen LogP contribution in [0.2, 0.25) is 0 Å². The number of hydrogen-bond donors (Lipinski definition) is 1. The standard InChI is InChI=1S/C12H20N4O/c1-2-16-11(5-6-14-16)9-13-10-12(17)15-7-3-4-8-15/h5-6,13H,2-4,7-10H2,1H3. The Bertz CT molecular complexity index is 368. The molecule has 2 rings (SSSR count). The third-order valence-electron chi connectivity index (χ3n) is 3.15. The van der Waals surface area contributed by atoms with E-state index in [0.29, 0.717) is 13.1 Å². The first kappa shape index (κ1) is 12.1. The van der Waals surface area contributed by atoms with E-state index in [1.807, 2.05) is 15.6 Å². The molecule has 0 bridgehead atoms. The molecule has 1 aromatic rings. The predicted octanol–water partition coefficient (Wildman–Crippen LogP) is 0.615. The summed E-state index contributed by atoms with van der Waals surface area (Å²) < 4.78 is 1.94. The molecular weight excluding hydrogens is 216 g/mol. The van der Waals surface area contributed by atoms with Gasteiger partial charge in [-0.2, -0.15) is 5.10 Å². The van der Waals surface area contributed by atoms with Gasteiger partial charge in [0, 0.05) is 32.4 Å². The smallest absolute Gasteiger partial charge is 0.236 e. The Morgan fingerprint density at radius 3 is 2.94 bits per heavy atom. The molecule has 0 atom stereocenters. The van der Waals surface area contributed by atoms with E-state index in [1.54, 1.807) is 6.20 Å². The van der Waals surface area contributed by atoms with Crippen molar-refractivity contribution in [1.29, 1.82) is 0 Å². The van der Waals surface area contributed by atoms with Gasteiger partial charge in [-0.1, -0.05) is 0 Å². The number of nitrogens with one attached hydrogen (secondary N) is 1. The van der Waals surface area contributed by atoms with Crippen molar-refractivity contribution in [2.75, 3.05) is 19.6 Å². The summed E-state index contributed by atoms with van der Waals surface area (Å²) in [7, 11) is 0. The molecule has 0 aliphatic carbocycles. The van der Waals surface area contributed by atoms with Crippen molar-refractivity contribution < 1.29 is 4.79 Å². The van der Waals surface area contributed by atoms with Gasteiger partial charge in [-0.15, -0.1) is 0 Å². The zero-order valence-corrected chi connectivity index (χ0v) is 10.4. The number of carbonyl (C=O) groups is 1. The van der Waals surface area contributed by atoms with Gasteiger partial charge in [-0.05, 0) is 25.8 Å². The van der Waals surface area contributed by atoms with Crippen LogP contribution < -0.4 is 5.32 Å². The first-order valence-corrected chi connectivity index (χ1v) is 6.30. The highest BCUT2D eigenvalue weighted by Gasteiger charge is 2.17. The Morgan fingerprint density at radius 1 is 1.47 bits per heavy atom. The van der Waals surface area contributed by atoms with Crippen LogP contribution >= 0.6 is 0 Å². The van der Waals surface area contributed by atoms with Crippen molar-refractivity contribution in [3.8, 4) is 0 Å². The first-order chi connectivity index (χ1) is 8.31. The summed E-state index contributed by atoms with van der Waals surface area (Å²) in [4.78, 5) is 13.7. The minimum Gasteiger partial charge on any atom is -0.342 e. The molecule has 1 amide bonds. The van der Waals surface area contributed by atoms with Crippen molar-refractivity contribution in [2.45, 2.75) is 32.9 Å². The summed E-state index contributed by atoms with van der Waals surface area (Å²) in [6.45, 7) is 5.90. The average molecular weight is 236 g/mol. The molecule has 94 valence electrons. The Kier molecular flexibility index (Phi) is 4.14. The van der Waals surface area contributed by atoms with Crippen LogP contribution in [0, 0.1) is 0 Å². The van der Waals surface area contributed by atoms with Crippen LogP contribution in [-0.2, 0) is 17.9 Å². The van der Waals surface area contributed by atoms with Crippen molar-refractivity contribution in [3.05, 3.63) is 18.0 Å². The van der Waals surface area contributed by atoms with E-state index in [0.717, 1.165) is 38.2 Å². The second-order valence-electron chi connectivity index (χ2n) is 4.33. The summed E-state index contributed by atoms with van der Waals surface area (Å²) in [5, 5.41) is 7.38. The third kappa shape index (κ3) is 3.06. The number of aromatic nitrogens is 2. The van der Waals surface area contributed by atoms with E-state index in [2.05, 4.69) is 17.3 Å². The van der Waals surface area contributed by atoms with Gasteiger partial charge in [0.2, 0.25) is 5.91 Å². The molecule has 0 aromatic carbocycles. The average Bonchev–Trinajstić information content (AvgIpc) is 2.99. The van der Waals surface area contributed by atoms with Crippen molar-refractivity contribution in [3.63, 3.8) is 0 Å². The molecule has 1 aliphatic rings. The molecule has 0 spiro atoms. The van der Waals surface area contributed by atoms with E-state index in [1.165, 1.54) is 0 Å². The normalized spacial score (nSPS) is 15.5. The lowest BCUT2D eigenvalue weighted by atomic mass is 10.4. The molecule has 5 nitrogen and oxygen atoms in total. The highest BCUT2D eigenvalue weighted by atomic mass is 16.2. The van der Waals surface area contributed by atoms with Gasteiger partial charge in [0.25, 0.3) is 0 Å². The van der Waals surface area contributed by atoms with Crippen LogP contribution in [0.5, 0.6) is 0 Å². The number of aryl methyl sites for hydroxylation is 1. The second kappa shape index (κ2) is 5.82. The summed E-state index contributed by atoms with van der Waals surface area (Å²) in [6.07, 6.45) is 4.09. The van der Waals surface area contributed by atoms with Crippen LogP contribution in [0.25, 0.3) is 0 Å². The van der Waals surface area contributed by atoms with Crippen molar-refractivity contribution in [2.24, 2.45) is 0 Å². The lowest BCUT2D eigenvalue weighted by Crippen LogP contribution is -2.36. The fourth-order valence-electron chi connectivity index (χ4n) is 2.17. The number of hydrogen-bond acceptors (Lipinski definition) is 3. The highest BCUT2D eigenvalue weighted by molar-refractivity contribution is 5.78. The van der Waals surface area contributed by atoms with Gasteiger partial charge < -0.3 is 10.2 Å². The summed E-state index contributed by atoms with van der Waals surface area (Å²) in [5.41, 5.74) is 1.13. The molecular formula is C12H20N4O. The maximum Gasteiger partial charge on any atom is 0.236 e.